The van der Waals surface area contributed by atoms with Crippen LogP contribution in [0.1, 0.15) is 28.8 Å². The van der Waals surface area contributed by atoms with Gasteiger partial charge in [-0.2, -0.15) is 18.2 Å². The minimum atomic E-state index is -5.13. The molecule has 8 heteroatoms. The highest BCUT2D eigenvalue weighted by atomic mass is 79.9. The third-order valence-electron chi connectivity index (χ3n) is 5.10. The predicted molar refractivity (Wildman–Crippen MR) is 118 cm³/mol. The fourth-order valence-corrected chi connectivity index (χ4v) is 4.06. The van der Waals surface area contributed by atoms with E-state index in [1.54, 1.807) is 24.3 Å². The smallest absolute Gasteiger partial charge is 0.330 e. The molecule has 1 aliphatic heterocycles. The molecule has 1 aliphatic rings. The lowest BCUT2D eigenvalue weighted by Gasteiger charge is -2.29. The van der Waals surface area contributed by atoms with Gasteiger partial charge in [-0.05, 0) is 22.8 Å². The van der Waals surface area contributed by atoms with E-state index in [1.165, 1.54) is 0 Å². The van der Waals surface area contributed by atoms with E-state index in [4.69, 9.17) is 9.83 Å². The average Bonchev–Trinajstić information content (AvgIpc) is 3.14. The van der Waals surface area contributed by atoms with Crippen LogP contribution in [0.15, 0.2) is 94.4 Å². The number of aliphatic imine (C=N–C) groups is 1. The molecular weight excluding hydrogens is 485 g/mol. The van der Waals surface area contributed by atoms with Gasteiger partial charge in [0.25, 0.3) is 0 Å². The Morgan fingerprint density at radius 3 is 2.06 bits per heavy atom. The number of hydrogen-bond donors (Lipinski definition) is 0. The van der Waals surface area contributed by atoms with Crippen LogP contribution in [0.3, 0.4) is 0 Å². The third-order valence-corrected chi connectivity index (χ3v) is 5.87. The van der Waals surface area contributed by atoms with E-state index >= 15 is 0 Å². The average molecular weight is 503 g/mol. The van der Waals surface area contributed by atoms with Crippen molar-refractivity contribution in [2.45, 2.75) is 24.7 Å². The van der Waals surface area contributed by atoms with E-state index in [1.807, 2.05) is 60.7 Å². The van der Waals surface area contributed by atoms with E-state index in [-0.39, 0.29) is 12.3 Å². The van der Waals surface area contributed by atoms with E-state index in [2.05, 4.69) is 15.9 Å². The molecule has 0 bridgehead atoms. The second-order valence-corrected chi connectivity index (χ2v) is 8.08. The Morgan fingerprint density at radius 1 is 0.906 bits per heavy atom. The molecule has 0 spiro atoms. The van der Waals surface area contributed by atoms with Crippen molar-refractivity contribution in [3.05, 3.63) is 106 Å². The monoisotopic (exact) mass is 502 g/mol. The Kier molecular flexibility index (Phi) is 6.32. The van der Waals surface area contributed by atoms with Crippen molar-refractivity contribution in [2.24, 2.45) is 4.99 Å². The summed E-state index contributed by atoms with van der Waals surface area (Å²) >= 11 is 3.46. The van der Waals surface area contributed by atoms with Crippen LogP contribution in [0.2, 0.25) is 0 Å². The normalized spacial score (nSPS) is 18.4. The molecule has 0 amide bonds. The summed E-state index contributed by atoms with van der Waals surface area (Å²) in [6, 6.07) is 24.2. The van der Waals surface area contributed by atoms with E-state index in [9.17, 15) is 18.0 Å². The Morgan fingerprint density at radius 2 is 1.47 bits per heavy atom. The first-order valence-corrected chi connectivity index (χ1v) is 10.6. The molecular formula is C24H18BrF3N2O2. The Bertz CT molecular complexity index is 1120. The first kappa shape index (κ1) is 22.1. The van der Waals surface area contributed by atoms with Gasteiger partial charge in [-0.1, -0.05) is 94.8 Å². The maximum Gasteiger partial charge on any atom is 0.493 e. The molecule has 3 aromatic carbocycles. The zero-order valence-electron chi connectivity index (χ0n) is 16.7. The van der Waals surface area contributed by atoms with Crippen LogP contribution in [0.4, 0.5) is 13.2 Å². The van der Waals surface area contributed by atoms with Crippen LogP contribution in [0, 0.1) is 0 Å². The second-order valence-electron chi connectivity index (χ2n) is 7.23. The topological polar surface area (TPSA) is 41.9 Å². The molecule has 0 saturated heterocycles. The largest absolute Gasteiger partial charge is 0.493 e. The lowest BCUT2D eigenvalue weighted by atomic mass is 9.95. The summed E-state index contributed by atoms with van der Waals surface area (Å²) in [6.45, 7) is 0. The number of amidine groups is 1. The molecule has 0 fully saturated rings. The molecule has 0 saturated carbocycles. The third kappa shape index (κ3) is 4.70. The Balaban J connectivity index is 1.80. The van der Waals surface area contributed by atoms with Crippen LogP contribution in [-0.2, 0) is 16.1 Å². The lowest BCUT2D eigenvalue weighted by molar-refractivity contribution is -0.230. The van der Waals surface area contributed by atoms with Gasteiger partial charge in [0.1, 0.15) is 17.9 Å². The van der Waals surface area contributed by atoms with Gasteiger partial charge >= 0.3 is 12.1 Å². The highest BCUT2D eigenvalue weighted by Crippen LogP contribution is 2.43. The maximum absolute atomic E-state index is 13.1. The molecule has 2 atom stereocenters. The lowest BCUT2D eigenvalue weighted by Crippen LogP contribution is -2.39. The number of halogens is 4. The number of rotatable bonds is 5. The molecule has 0 N–H and O–H groups in total. The maximum atomic E-state index is 13.1. The molecule has 4 rings (SSSR count). The van der Waals surface area contributed by atoms with Gasteiger partial charge in [0.2, 0.25) is 0 Å². The van der Waals surface area contributed by atoms with Crippen molar-refractivity contribution in [1.29, 1.82) is 0 Å². The van der Waals surface area contributed by atoms with Crippen LogP contribution in [0.25, 0.3) is 0 Å². The molecule has 2 unspecified atom stereocenters. The van der Waals surface area contributed by atoms with E-state index in [0.717, 1.165) is 20.7 Å². The van der Waals surface area contributed by atoms with Crippen LogP contribution >= 0.6 is 15.9 Å². The number of carbonyl (C=O) groups excluding carboxylic acids is 1. The first-order chi connectivity index (χ1) is 15.3. The Hall–Kier alpha value is -3.13. The van der Waals surface area contributed by atoms with E-state index in [0.29, 0.717) is 5.56 Å². The second kappa shape index (κ2) is 9.16. The van der Waals surface area contributed by atoms with Gasteiger partial charge < -0.3 is 4.84 Å². The van der Waals surface area contributed by atoms with Crippen LogP contribution < -0.4 is 0 Å². The summed E-state index contributed by atoms with van der Waals surface area (Å²) in [5.74, 6) is -2.05. The van der Waals surface area contributed by atoms with Gasteiger partial charge in [-0.15, -0.1) is 0 Å². The minimum absolute atomic E-state index is 0.180. The SMILES string of the molecule is O=C(ON1C(Cc2ccccc2Br)=NC(c2ccccc2)C1c1ccccc1)C(F)(F)F. The molecule has 4 nitrogen and oxygen atoms in total. The summed E-state index contributed by atoms with van der Waals surface area (Å²) in [5, 5.41) is 1.02. The van der Waals surface area contributed by atoms with Gasteiger partial charge in [0.05, 0.1) is 0 Å². The quantitative estimate of drug-likeness (QED) is 0.416. The standard InChI is InChI=1S/C24H18BrF3N2O2/c25-19-14-8-7-13-18(19)15-20-29-21(16-9-3-1-4-10-16)22(17-11-5-2-6-12-17)30(20)32-23(31)24(26,27)28/h1-14,21-22H,15H2. The number of nitrogens with zero attached hydrogens (tertiary/aromatic N) is 2. The molecule has 3 aromatic rings. The molecule has 1 heterocycles. The fourth-order valence-electron chi connectivity index (χ4n) is 3.64. The number of alkyl halides is 3. The minimum Gasteiger partial charge on any atom is -0.330 e. The first-order valence-electron chi connectivity index (χ1n) is 9.83. The van der Waals surface area contributed by atoms with Crippen molar-refractivity contribution < 1.29 is 22.8 Å². The van der Waals surface area contributed by atoms with E-state index < -0.39 is 24.2 Å². The van der Waals surface area contributed by atoms with Crippen LogP contribution in [-0.4, -0.2) is 23.0 Å². The summed E-state index contributed by atoms with van der Waals surface area (Å²) in [4.78, 5) is 21.5. The van der Waals surface area contributed by atoms with Gasteiger partial charge in [0.15, 0.2) is 0 Å². The van der Waals surface area contributed by atoms with Gasteiger partial charge in [-0.3, -0.25) is 4.99 Å². The summed E-state index contributed by atoms with van der Waals surface area (Å²) in [7, 11) is 0. The van der Waals surface area contributed by atoms with Crippen molar-refractivity contribution in [3.63, 3.8) is 0 Å². The summed E-state index contributed by atoms with van der Waals surface area (Å²) in [5.41, 5.74) is 2.29. The molecule has 0 aromatic heterocycles. The number of carbonyl (C=O) groups is 1. The molecule has 0 aliphatic carbocycles. The number of hydrogen-bond acceptors (Lipinski definition) is 4. The number of hydroxylamine groups is 2. The highest BCUT2D eigenvalue weighted by Gasteiger charge is 2.47. The van der Waals surface area contributed by atoms with Crippen LogP contribution in [0.5, 0.6) is 0 Å². The highest BCUT2D eigenvalue weighted by molar-refractivity contribution is 9.10. The summed E-state index contributed by atoms with van der Waals surface area (Å²) < 4.78 is 40.1. The molecule has 32 heavy (non-hydrogen) atoms. The van der Waals surface area contributed by atoms with Crippen molar-refractivity contribution in [1.82, 2.24) is 5.06 Å². The zero-order chi connectivity index (χ0) is 22.7. The Labute approximate surface area is 191 Å². The molecule has 0 radical (unpaired) electrons. The zero-order valence-corrected chi connectivity index (χ0v) is 18.3. The fraction of sp³-hybridized carbons (Fsp3) is 0.167. The predicted octanol–water partition coefficient (Wildman–Crippen LogP) is 6.21. The van der Waals surface area contributed by atoms with Crippen molar-refractivity contribution in [3.8, 4) is 0 Å². The summed E-state index contributed by atoms with van der Waals surface area (Å²) in [6.07, 6.45) is -4.95. The number of benzene rings is 3. The van der Waals surface area contributed by atoms with Gasteiger partial charge in [-0.25, -0.2) is 4.79 Å². The van der Waals surface area contributed by atoms with Crippen molar-refractivity contribution in [2.75, 3.05) is 0 Å². The van der Waals surface area contributed by atoms with Gasteiger partial charge in [0, 0.05) is 10.9 Å². The van der Waals surface area contributed by atoms with Crippen molar-refractivity contribution >= 4 is 27.7 Å². The molecule has 164 valence electrons.